The molecule has 2 fully saturated rings. The summed E-state index contributed by atoms with van der Waals surface area (Å²) in [6.07, 6.45) is 1.19. The van der Waals surface area contributed by atoms with Crippen LogP contribution in [0, 0.1) is 24.7 Å². The first-order valence-corrected chi connectivity index (χ1v) is 12.8. The minimum Gasteiger partial charge on any atom is -0.455 e. The van der Waals surface area contributed by atoms with Crippen molar-refractivity contribution in [2.75, 3.05) is 19.8 Å². The van der Waals surface area contributed by atoms with Crippen molar-refractivity contribution in [2.45, 2.75) is 46.2 Å². The number of benzene rings is 2. The highest BCUT2D eigenvalue weighted by Gasteiger charge is 2.56. The van der Waals surface area contributed by atoms with Crippen LogP contribution < -0.4 is 16.1 Å². The summed E-state index contributed by atoms with van der Waals surface area (Å²) in [6, 6.07) is 15.8. The molecule has 2 N–H and O–H groups in total. The van der Waals surface area contributed by atoms with Gasteiger partial charge in [0, 0.05) is 36.3 Å². The van der Waals surface area contributed by atoms with Gasteiger partial charge in [0.2, 0.25) is 0 Å². The topological polar surface area (TPSA) is 74.6 Å². The van der Waals surface area contributed by atoms with Crippen molar-refractivity contribution in [3.05, 3.63) is 69.9 Å². The van der Waals surface area contributed by atoms with Gasteiger partial charge in [-0.15, -0.1) is 0 Å². The van der Waals surface area contributed by atoms with E-state index in [1.807, 2.05) is 30.3 Å². The van der Waals surface area contributed by atoms with Crippen LogP contribution in [0.25, 0.3) is 22.3 Å². The standard InChI is InChI=1S/C29H35N3O3/c1-5-24(17(2)3)32-14-22-23(15-32)25(22)30-16-31-29(34)21-13-9-12-20-26(33)18(4)27(35-28(20)21)19-10-7-6-8-11-19/h6-13,17,22-25,30H,5,14-16H2,1-4H3,(H,31,34). The third-order valence-corrected chi connectivity index (χ3v) is 7.89. The number of piperidine rings is 1. The molecule has 0 bridgehead atoms. The van der Waals surface area contributed by atoms with Gasteiger partial charge in [-0.3, -0.25) is 19.8 Å². The average molecular weight is 474 g/mol. The number of carbonyl (C=O) groups excluding carboxylic acids is 1. The molecule has 1 amide bonds. The number of nitrogens with one attached hydrogen (secondary N) is 2. The Kier molecular flexibility index (Phi) is 6.51. The summed E-state index contributed by atoms with van der Waals surface area (Å²) in [7, 11) is 0. The van der Waals surface area contributed by atoms with Crippen LogP contribution in [0.15, 0.2) is 57.7 Å². The first kappa shape index (κ1) is 23.8. The third-order valence-electron chi connectivity index (χ3n) is 7.89. The number of hydrogen-bond donors (Lipinski definition) is 2. The van der Waals surface area contributed by atoms with Gasteiger partial charge < -0.3 is 9.73 Å². The number of hydrogen-bond acceptors (Lipinski definition) is 5. The zero-order valence-electron chi connectivity index (χ0n) is 21.0. The molecular formula is C29H35N3O3. The molecule has 6 heteroatoms. The molecule has 3 atom stereocenters. The zero-order chi connectivity index (χ0) is 24.7. The molecule has 0 radical (unpaired) electrons. The SMILES string of the molecule is CCC(C(C)C)N1CC2C(C1)C2NCNC(=O)c1cccc2c(=O)c(C)c(-c3ccccc3)oc12. The first-order valence-electron chi connectivity index (χ1n) is 12.8. The van der Waals surface area contributed by atoms with Crippen LogP contribution in [0.1, 0.15) is 43.1 Å². The van der Waals surface area contributed by atoms with E-state index in [-0.39, 0.29) is 11.3 Å². The van der Waals surface area contributed by atoms with Crippen molar-refractivity contribution in [2.24, 2.45) is 17.8 Å². The Labute approximate surface area is 206 Å². The van der Waals surface area contributed by atoms with Crippen LogP contribution in [0.3, 0.4) is 0 Å². The van der Waals surface area contributed by atoms with Crippen molar-refractivity contribution >= 4 is 16.9 Å². The van der Waals surface area contributed by atoms with E-state index >= 15 is 0 Å². The van der Waals surface area contributed by atoms with Crippen LogP contribution >= 0.6 is 0 Å². The van der Waals surface area contributed by atoms with Crippen molar-refractivity contribution in [3.63, 3.8) is 0 Å². The molecule has 6 nitrogen and oxygen atoms in total. The lowest BCUT2D eigenvalue weighted by Gasteiger charge is -2.32. The minimum atomic E-state index is -0.243. The van der Waals surface area contributed by atoms with Gasteiger partial charge in [0.25, 0.3) is 5.91 Å². The van der Waals surface area contributed by atoms with E-state index in [9.17, 15) is 9.59 Å². The summed E-state index contributed by atoms with van der Waals surface area (Å²) in [5.74, 6) is 2.28. The van der Waals surface area contributed by atoms with Gasteiger partial charge in [0.05, 0.1) is 17.6 Å². The molecule has 2 heterocycles. The predicted molar refractivity (Wildman–Crippen MR) is 139 cm³/mol. The summed E-state index contributed by atoms with van der Waals surface area (Å²) in [4.78, 5) is 28.8. The Hall–Kier alpha value is -2.96. The van der Waals surface area contributed by atoms with E-state index in [0.29, 0.717) is 64.4 Å². The van der Waals surface area contributed by atoms with E-state index in [1.54, 1.807) is 25.1 Å². The first-order chi connectivity index (χ1) is 16.9. The van der Waals surface area contributed by atoms with E-state index < -0.39 is 0 Å². The molecule has 1 saturated carbocycles. The minimum absolute atomic E-state index is 0.111. The molecule has 2 aliphatic rings. The monoisotopic (exact) mass is 473 g/mol. The van der Waals surface area contributed by atoms with Gasteiger partial charge in [-0.25, -0.2) is 0 Å². The predicted octanol–water partition coefficient (Wildman–Crippen LogP) is 4.41. The molecule has 184 valence electrons. The Morgan fingerprint density at radius 2 is 1.80 bits per heavy atom. The lowest BCUT2D eigenvalue weighted by atomic mass is 10.00. The van der Waals surface area contributed by atoms with Crippen LogP contribution in [-0.2, 0) is 0 Å². The van der Waals surface area contributed by atoms with Gasteiger partial charge in [0.15, 0.2) is 11.0 Å². The van der Waals surface area contributed by atoms with Crippen molar-refractivity contribution in [3.8, 4) is 11.3 Å². The number of rotatable bonds is 8. The maximum absolute atomic E-state index is 13.1. The molecule has 35 heavy (non-hydrogen) atoms. The number of para-hydroxylation sites is 1. The van der Waals surface area contributed by atoms with Crippen LogP contribution in [0.2, 0.25) is 0 Å². The summed E-state index contributed by atoms with van der Waals surface area (Å²) >= 11 is 0. The zero-order valence-corrected chi connectivity index (χ0v) is 21.0. The fraction of sp³-hybridized carbons (Fsp3) is 0.448. The Bertz CT molecular complexity index is 1270. The number of likely N-dealkylation sites (tertiary alicyclic amines) is 1. The Morgan fingerprint density at radius 1 is 1.09 bits per heavy atom. The van der Waals surface area contributed by atoms with Gasteiger partial charge >= 0.3 is 0 Å². The van der Waals surface area contributed by atoms with Crippen molar-refractivity contribution in [1.82, 2.24) is 15.5 Å². The molecular weight excluding hydrogens is 438 g/mol. The van der Waals surface area contributed by atoms with E-state index in [2.05, 4.69) is 36.3 Å². The number of amides is 1. The molecule has 1 aliphatic heterocycles. The Balaban J connectivity index is 1.26. The lowest BCUT2D eigenvalue weighted by molar-refractivity contribution is 0.0949. The maximum atomic E-state index is 13.1. The molecule has 1 aromatic heterocycles. The van der Waals surface area contributed by atoms with Crippen LogP contribution in [0.5, 0.6) is 0 Å². The normalized spacial score (nSPS) is 22.4. The molecule has 0 spiro atoms. The summed E-state index contributed by atoms with van der Waals surface area (Å²) in [5.41, 5.74) is 1.96. The Morgan fingerprint density at radius 3 is 2.46 bits per heavy atom. The van der Waals surface area contributed by atoms with Crippen molar-refractivity contribution in [1.29, 1.82) is 0 Å². The summed E-state index contributed by atoms with van der Waals surface area (Å²) in [5, 5.41) is 6.93. The summed E-state index contributed by atoms with van der Waals surface area (Å²) in [6.45, 7) is 11.3. The second-order valence-corrected chi connectivity index (χ2v) is 10.3. The fourth-order valence-corrected chi connectivity index (χ4v) is 5.98. The highest BCUT2D eigenvalue weighted by molar-refractivity contribution is 6.05. The molecule has 5 rings (SSSR count). The van der Waals surface area contributed by atoms with Gasteiger partial charge in [-0.1, -0.05) is 57.2 Å². The largest absolute Gasteiger partial charge is 0.455 e. The fourth-order valence-electron chi connectivity index (χ4n) is 5.98. The van der Waals surface area contributed by atoms with Crippen molar-refractivity contribution < 1.29 is 9.21 Å². The maximum Gasteiger partial charge on any atom is 0.256 e. The smallest absolute Gasteiger partial charge is 0.256 e. The second-order valence-electron chi connectivity index (χ2n) is 10.3. The molecule has 3 unspecified atom stereocenters. The number of carbonyl (C=O) groups is 1. The molecule has 1 saturated heterocycles. The van der Waals surface area contributed by atoms with Crippen LogP contribution in [0.4, 0.5) is 0 Å². The quantitative estimate of drug-likeness (QED) is 0.474. The van der Waals surface area contributed by atoms with Gasteiger partial charge in [0.1, 0.15) is 5.76 Å². The second kappa shape index (κ2) is 9.59. The van der Waals surface area contributed by atoms with Crippen LogP contribution in [-0.4, -0.2) is 42.6 Å². The summed E-state index contributed by atoms with van der Waals surface area (Å²) < 4.78 is 6.19. The number of fused-ring (bicyclic) bond motifs is 2. The molecule has 1 aliphatic carbocycles. The van der Waals surface area contributed by atoms with E-state index in [0.717, 1.165) is 18.7 Å². The third kappa shape index (κ3) is 4.41. The molecule has 2 aromatic carbocycles. The van der Waals surface area contributed by atoms with Gasteiger partial charge in [-0.05, 0) is 43.2 Å². The highest BCUT2D eigenvalue weighted by Crippen LogP contribution is 2.46. The van der Waals surface area contributed by atoms with E-state index in [1.165, 1.54) is 6.42 Å². The highest BCUT2D eigenvalue weighted by atomic mass is 16.3. The van der Waals surface area contributed by atoms with Gasteiger partial charge in [-0.2, -0.15) is 0 Å². The number of nitrogens with zero attached hydrogens (tertiary/aromatic N) is 1. The average Bonchev–Trinajstić information content (AvgIpc) is 3.30. The van der Waals surface area contributed by atoms with E-state index in [4.69, 9.17) is 4.42 Å². The molecule has 3 aromatic rings. The lowest BCUT2D eigenvalue weighted by Crippen LogP contribution is -2.42.